The number of nitrogens with two attached hydrogens (primary N) is 1. The quantitative estimate of drug-likeness (QED) is 0.885. The summed E-state index contributed by atoms with van der Waals surface area (Å²) in [6.45, 7) is 0.363. The molecular formula is C18H17ClN2O2. The summed E-state index contributed by atoms with van der Waals surface area (Å²) < 4.78 is 0. The number of amides is 2. The van der Waals surface area contributed by atoms with Crippen LogP contribution in [0.25, 0.3) is 0 Å². The molecule has 0 aromatic heterocycles. The first-order valence-corrected chi connectivity index (χ1v) is 7.82. The van der Waals surface area contributed by atoms with Crippen molar-refractivity contribution in [3.8, 4) is 0 Å². The van der Waals surface area contributed by atoms with Gasteiger partial charge in [-0.15, -0.1) is 0 Å². The SMILES string of the molecule is NC(=O)c1cccc(CNC(=O)C2(c3cccc(Cl)c3)CC2)c1. The lowest BCUT2D eigenvalue weighted by atomic mass is 9.95. The van der Waals surface area contributed by atoms with E-state index in [-0.39, 0.29) is 5.91 Å². The Morgan fingerprint density at radius 2 is 1.87 bits per heavy atom. The fourth-order valence-corrected chi connectivity index (χ4v) is 2.93. The molecule has 1 aliphatic carbocycles. The Hall–Kier alpha value is -2.33. The molecule has 1 aliphatic rings. The molecule has 2 aromatic rings. The van der Waals surface area contributed by atoms with Gasteiger partial charge in [-0.3, -0.25) is 9.59 Å². The van der Waals surface area contributed by atoms with Crippen LogP contribution in [0.5, 0.6) is 0 Å². The van der Waals surface area contributed by atoms with E-state index in [4.69, 9.17) is 17.3 Å². The van der Waals surface area contributed by atoms with E-state index in [2.05, 4.69) is 5.32 Å². The fourth-order valence-electron chi connectivity index (χ4n) is 2.74. The van der Waals surface area contributed by atoms with Crippen molar-refractivity contribution in [3.05, 3.63) is 70.2 Å². The van der Waals surface area contributed by atoms with Crippen molar-refractivity contribution in [2.45, 2.75) is 24.8 Å². The molecule has 0 unspecified atom stereocenters. The number of hydrogen-bond donors (Lipinski definition) is 2. The van der Waals surface area contributed by atoms with E-state index in [0.29, 0.717) is 17.1 Å². The standard InChI is InChI=1S/C18H17ClN2O2/c19-15-6-2-5-14(10-15)18(7-8-18)17(23)21-11-12-3-1-4-13(9-12)16(20)22/h1-6,9-10H,7-8,11H2,(H2,20,22)(H,21,23). The number of primary amides is 1. The molecule has 0 atom stereocenters. The number of halogens is 1. The van der Waals surface area contributed by atoms with Gasteiger partial charge in [0.1, 0.15) is 0 Å². The Kier molecular flexibility index (Phi) is 4.09. The molecule has 5 heteroatoms. The van der Waals surface area contributed by atoms with Gasteiger partial charge in [0.25, 0.3) is 0 Å². The van der Waals surface area contributed by atoms with Crippen molar-refractivity contribution in [2.24, 2.45) is 5.73 Å². The summed E-state index contributed by atoms with van der Waals surface area (Å²) in [5.74, 6) is -0.486. The first kappa shape index (κ1) is 15.6. The van der Waals surface area contributed by atoms with Gasteiger partial charge >= 0.3 is 0 Å². The van der Waals surface area contributed by atoms with E-state index in [1.165, 1.54) is 0 Å². The Balaban J connectivity index is 1.70. The van der Waals surface area contributed by atoms with Gasteiger partial charge in [-0.1, -0.05) is 35.9 Å². The summed E-state index contributed by atoms with van der Waals surface area (Å²) in [6.07, 6.45) is 1.64. The third kappa shape index (κ3) is 3.22. The van der Waals surface area contributed by atoms with Gasteiger partial charge in [-0.05, 0) is 48.2 Å². The molecule has 0 spiro atoms. The van der Waals surface area contributed by atoms with E-state index in [9.17, 15) is 9.59 Å². The normalized spacial score (nSPS) is 15.0. The van der Waals surface area contributed by atoms with E-state index in [1.54, 1.807) is 24.3 Å². The zero-order chi connectivity index (χ0) is 16.4. The molecular weight excluding hydrogens is 312 g/mol. The molecule has 2 amide bonds. The number of nitrogens with one attached hydrogen (secondary N) is 1. The first-order chi connectivity index (χ1) is 11.0. The molecule has 2 aromatic carbocycles. The van der Waals surface area contributed by atoms with Crippen LogP contribution in [0.2, 0.25) is 5.02 Å². The molecule has 1 fully saturated rings. The minimum Gasteiger partial charge on any atom is -0.366 e. The van der Waals surface area contributed by atoms with Crippen LogP contribution in [-0.4, -0.2) is 11.8 Å². The molecule has 23 heavy (non-hydrogen) atoms. The van der Waals surface area contributed by atoms with Crippen LogP contribution in [0.15, 0.2) is 48.5 Å². The molecule has 3 N–H and O–H groups in total. The average Bonchev–Trinajstić information content (AvgIpc) is 3.35. The van der Waals surface area contributed by atoms with Gasteiger partial charge in [0, 0.05) is 17.1 Å². The van der Waals surface area contributed by atoms with Crippen molar-refractivity contribution >= 4 is 23.4 Å². The minimum absolute atomic E-state index is 0.00996. The maximum absolute atomic E-state index is 12.6. The summed E-state index contributed by atoms with van der Waals surface area (Å²) in [5.41, 5.74) is 7.04. The second kappa shape index (κ2) is 6.05. The molecule has 0 heterocycles. The van der Waals surface area contributed by atoms with Crippen molar-refractivity contribution in [3.63, 3.8) is 0 Å². The highest BCUT2D eigenvalue weighted by atomic mass is 35.5. The monoisotopic (exact) mass is 328 g/mol. The Labute approximate surface area is 139 Å². The van der Waals surface area contributed by atoms with Crippen LogP contribution < -0.4 is 11.1 Å². The van der Waals surface area contributed by atoms with E-state index >= 15 is 0 Å². The van der Waals surface area contributed by atoms with E-state index in [0.717, 1.165) is 24.0 Å². The van der Waals surface area contributed by atoms with E-state index in [1.807, 2.05) is 24.3 Å². The predicted molar refractivity (Wildman–Crippen MR) is 89.2 cm³/mol. The van der Waals surface area contributed by atoms with Crippen molar-refractivity contribution in [2.75, 3.05) is 0 Å². The lowest BCUT2D eigenvalue weighted by Crippen LogP contribution is -2.34. The smallest absolute Gasteiger partial charge is 0.248 e. The summed E-state index contributed by atoms with van der Waals surface area (Å²) in [7, 11) is 0. The van der Waals surface area contributed by atoms with Gasteiger partial charge < -0.3 is 11.1 Å². The second-order valence-corrected chi connectivity index (χ2v) is 6.28. The van der Waals surface area contributed by atoms with Crippen LogP contribution >= 0.6 is 11.6 Å². The highest BCUT2D eigenvalue weighted by Gasteiger charge is 2.51. The van der Waals surface area contributed by atoms with Crippen LogP contribution in [-0.2, 0) is 16.8 Å². The van der Waals surface area contributed by atoms with Gasteiger partial charge in [-0.25, -0.2) is 0 Å². The minimum atomic E-state index is -0.476. The Morgan fingerprint density at radius 1 is 1.13 bits per heavy atom. The molecule has 0 radical (unpaired) electrons. The topological polar surface area (TPSA) is 72.2 Å². The molecule has 0 aliphatic heterocycles. The fraction of sp³-hybridized carbons (Fsp3) is 0.222. The molecule has 0 bridgehead atoms. The van der Waals surface area contributed by atoms with Gasteiger partial charge in [0.05, 0.1) is 5.41 Å². The molecule has 0 saturated heterocycles. The number of carbonyl (C=O) groups is 2. The highest BCUT2D eigenvalue weighted by molar-refractivity contribution is 6.30. The largest absolute Gasteiger partial charge is 0.366 e. The molecule has 4 nitrogen and oxygen atoms in total. The van der Waals surface area contributed by atoms with Crippen molar-refractivity contribution in [1.29, 1.82) is 0 Å². The lowest BCUT2D eigenvalue weighted by Gasteiger charge is -2.16. The number of benzene rings is 2. The van der Waals surface area contributed by atoms with Crippen LogP contribution in [0.1, 0.15) is 34.3 Å². The molecule has 1 saturated carbocycles. The summed E-state index contributed by atoms with van der Waals surface area (Å²) >= 11 is 6.03. The molecule has 118 valence electrons. The number of carbonyl (C=O) groups excluding carboxylic acids is 2. The maximum atomic E-state index is 12.6. The first-order valence-electron chi connectivity index (χ1n) is 7.44. The van der Waals surface area contributed by atoms with E-state index < -0.39 is 11.3 Å². The predicted octanol–water partition coefficient (Wildman–Crippen LogP) is 2.79. The Bertz CT molecular complexity index is 769. The van der Waals surface area contributed by atoms with Crippen molar-refractivity contribution in [1.82, 2.24) is 5.32 Å². The highest BCUT2D eigenvalue weighted by Crippen LogP contribution is 2.48. The average molecular weight is 329 g/mol. The summed E-state index contributed by atoms with van der Waals surface area (Å²) in [6, 6.07) is 14.4. The van der Waals surface area contributed by atoms with Gasteiger partial charge in [0.15, 0.2) is 0 Å². The number of hydrogen-bond acceptors (Lipinski definition) is 2. The second-order valence-electron chi connectivity index (χ2n) is 5.84. The molecule has 3 rings (SSSR count). The number of rotatable bonds is 5. The van der Waals surface area contributed by atoms with Crippen LogP contribution in [0, 0.1) is 0 Å². The third-order valence-electron chi connectivity index (χ3n) is 4.23. The maximum Gasteiger partial charge on any atom is 0.248 e. The Morgan fingerprint density at radius 3 is 2.52 bits per heavy atom. The summed E-state index contributed by atoms with van der Waals surface area (Å²) in [5, 5.41) is 3.59. The van der Waals surface area contributed by atoms with Crippen LogP contribution in [0.3, 0.4) is 0 Å². The van der Waals surface area contributed by atoms with Crippen molar-refractivity contribution < 1.29 is 9.59 Å². The van der Waals surface area contributed by atoms with Crippen LogP contribution in [0.4, 0.5) is 0 Å². The third-order valence-corrected chi connectivity index (χ3v) is 4.46. The summed E-state index contributed by atoms with van der Waals surface area (Å²) in [4.78, 5) is 23.8. The zero-order valence-corrected chi connectivity index (χ0v) is 13.3. The zero-order valence-electron chi connectivity index (χ0n) is 12.5. The van der Waals surface area contributed by atoms with Gasteiger partial charge in [0.2, 0.25) is 11.8 Å². The lowest BCUT2D eigenvalue weighted by molar-refractivity contribution is -0.123. The van der Waals surface area contributed by atoms with Gasteiger partial charge in [-0.2, -0.15) is 0 Å².